The minimum atomic E-state index is -3.80. The molecule has 0 aliphatic rings. The molecular weight excluding hydrogens is 480 g/mol. The Bertz CT molecular complexity index is 1360. The molecule has 0 atom stereocenters. The number of aryl methyl sites for hydroxylation is 1. The van der Waals surface area contributed by atoms with E-state index >= 15 is 0 Å². The Hall–Kier alpha value is -3.35. The molecule has 2 N–H and O–H groups in total. The molecule has 0 aliphatic carbocycles. The van der Waals surface area contributed by atoms with Gasteiger partial charge < -0.3 is 5.32 Å². The fourth-order valence-electron chi connectivity index (χ4n) is 2.75. The number of amides is 1. The number of aromatic nitrogens is 4. The van der Waals surface area contributed by atoms with E-state index in [9.17, 15) is 13.2 Å². The van der Waals surface area contributed by atoms with Gasteiger partial charge in [-0.25, -0.2) is 13.4 Å². The normalized spacial score (nSPS) is 11.2. The van der Waals surface area contributed by atoms with E-state index in [1.807, 2.05) is 18.2 Å². The molecule has 0 radical (unpaired) electrons. The summed E-state index contributed by atoms with van der Waals surface area (Å²) in [5.74, 6) is 0.354. The van der Waals surface area contributed by atoms with E-state index in [1.54, 1.807) is 31.6 Å². The number of rotatable bonds is 8. The Kier molecular flexibility index (Phi) is 6.96. The highest BCUT2D eigenvalue weighted by Crippen LogP contribution is 2.22. The summed E-state index contributed by atoms with van der Waals surface area (Å²) in [6, 6.07) is 13.2. The molecule has 168 valence electrons. The van der Waals surface area contributed by atoms with Crippen LogP contribution in [0.4, 0.5) is 10.8 Å². The van der Waals surface area contributed by atoms with E-state index in [2.05, 4.69) is 30.2 Å². The summed E-state index contributed by atoms with van der Waals surface area (Å²) in [6.07, 6.45) is 4.94. The Morgan fingerprint density at radius 3 is 2.61 bits per heavy atom. The van der Waals surface area contributed by atoms with E-state index in [-0.39, 0.29) is 15.9 Å². The molecule has 4 rings (SSSR count). The van der Waals surface area contributed by atoms with Gasteiger partial charge in [-0.05, 0) is 48.9 Å². The second-order valence-electron chi connectivity index (χ2n) is 6.74. The van der Waals surface area contributed by atoms with Gasteiger partial charge >= 0.3 is 0 Å². The van der Waals surface area contributed by atoms with Gasteiger partial charge in [0.25, 0.3) is 15.9 Å². The molecule has 0 aliphatic heterocycles. The molecule has 0 bridgehead atoms. The number of nitrogens with one attached hydrogen (secondary N) is 2. The first-order valence-corrected chi connectivity index (χ1v) is 12.9. The molecule has 0 saturated carbocycles. The molecule has 9 nitrogen and oxygen atoms in total. The van der Waals surface area contributed by atoms with Crippen LogP contribution in [0.25, 0.3) is 0 Å². The molecule has 2 aromatic heterocycles. The zero-order valence-corrected chi connectivity index (χ0v) is 19.7. The van der Waals surface area contributed by atoms with Crippen LogP contribution in [-0.2, 0) is 15.8 Å². The lowest BCUT2D eigenvalue weighted by Crippen LogP contribution is -2.14. The number of carbonyl (C=O) groups is 1. The first-order chi connectivity index (χ1) is 15.9. The Morgan fingerprint density at radius 1 is 1.09 bits per heavy atom. The van der Waals surface area contributed by atoms with Crippen molar-refractivity contribution in [3.8, 4) is 0 Å². The van der Waals surface area contributed by atoms with E-state index in [0.717, 1.165) is 21.9 Å². The smallest absolute Gasteiger partial charge is 0.263 e. The fourth-order valence-corrected chi connectivity index (χ4v) is 5.34. The van der Waals surface area contributed by atoms with Crippen LogP contribution < -0.4 is 10.0 Å². The lowest BCUT2D eigenvalue weighted by molar-refractivity contribution is 0.102. The van der Waals surface area contributed by atoms with Crippen molar-refractivity contribution in [3.05, 3.63) is 83.3 Å². The molecule has 0 fully saturated rings. The first kappa shape index (κ1) is 22.8. The molecule has 0 unspecified atom stereocenters. The van der Waals surface area contributed by atoms with E-state index in [4.69, 9.17) is 0 Å². The molecule has 33 heavy (non-hydrogen) atoms. The molecule has 0 spiro atoms. The van der Waals surface area contributed by atoms with Crippen LogP contribution in [0.1, 0.15) is 20.9 Å². The standard InChI is InChI=1S/C21H18N6O3S3/c1-14-25-26-21(32-14)27-33(29,30)18-7-5-17(6-8-18)24-20(28)16-4-2-3-15(11-16)13-31-19-12-22-9-10-23-19/h2-12H,13H2,1H3,(H,24,28)(H,26,27). The predicted octanol–water partition coefficient (Wildman–Crippen LogP) is 3.98. The van der Waals surface area contributed by atoms with Gasteiger partial charge in [0, 0.05) is 29.4 Å². The summed E-state index contributed by atoms with van der Waals surface area (Å²) in [5, 5.41) is 12.0. The number of hydrogen-bond donors (Lipinski definition) is 2. The molecule has 2 heterocycles. The number of carbonyl (C=O) groups excluding carboxylic acids is 1. The van der Waals surface area contributed by atoms with Gasteiger partial charge in [-0.1, -0.05) is 23.5 Å². The second kappa shape index (κ2) is 10.1. The lowest BCUT2D eigenvalue weighted by atomic mass is 10.1. The van der Waals surface area contributed by atoms with Crippen LogP contribution >= 0.6 is 23.1 Å². The lowest BCUT2D eigenvalue weighted by Gasteiger charge is -2.09. The average Bonchev–Trinajstić information content (AvgIpc) is 3.22. The van der Waals surface area contributed by atoms with Crippen molar-refractivity contribution in [2.24, 2.45) is 0 Å². The van der Waals surface area contributed by atoms with E-state index in [1.165, 1.54) is 36.0 Å². The molecule has 4 aromatic rings. The number of benzene rings is 2. The zero-order chi connectivity index (χ0) is 23.3. The quantitative estimate of drug-likeness (QED) is 0.349. The summed E-state index contributed by atoms with van der Waals surface area (Å²) in [5.41, 5.74) is 1.94. The van der Waals surface area contributed by atoms with Crippen molar-refractivity contribution < 1.29 is 13.2 Å². The number of thioether (sulfide) groups is 1. The van der Waals surface area contributed by atoms with Gasteiger partial charge in [0.2, 0.25) is 5.13 Å². The molecule has 2 aromatic carbocycles. The Morgan fingerprint density at radius 2 is 1.91 bits per heavy atom. The van der Waals surface area contributed by atoms with Crippen LogP contribution in [-0.4, -0.2) is 34.5 Å². The molecule has 0 saturated heterocycles. The third-order valence-corrected chi connectivity index (χ3v) is 7.51. The van der Waals surface area contributed by atoms with Crippen LogP contribution in [0.2, 0.25) is 0 Å². The van der Waals surface area contributed by atoms with Gasteiger partial charge in [0.05, 0.1) is 11.1 Å². The van der Waals surface area contributed by atoms with Gasteiger partial charge in [-0.15, -0.1) is 22.0 Å². The minimum absolute atomic E-state index is 0.0522. The SMILES string of the molecule is Cc1nnc(NS(=O)(=O)c2ccc(NC(=O)c3cccc(CSc4cnccn4)c3)cc2)s1. The van der Waals surface area contributed by atoms with Crippen LogP contribution in [0.5, 0.6) is 0 Å². The Balaban J connectivity index is 1.39. The number of hydrogen-bond acceptors (Lipinski definition) is 9. The van der Waals surface area contributed by atoms with Crippen molar-refractivity contribution in [2.45, 2.75) is 22.6 Å². The van der Waals surface area contributed by atoms with Gasteiger partial charge in [0.1, 0.15) is 10.0 Å². The van der Waals surface area contributed by atoms with Crippen LogP contribution in [0.3, 0.4) is 0 Å². The van der Waals surface area contributed by atoms with Crippen molar-refractivity contribution >= 4 is 49.8 Å². The van der Waals surface area contributed by atoms with Gasteiger partial charge in [0.15, 0.2) is 0 Å². The third kappa shape index (κ3) is 6.12. The molecule has 1 amide bonds. The highest BCUT2D eigenvalue weighted by Gasteiger charge is 2.17. The molecule has 12 heteroatoms. The number of anilines is 2. The van der Waals surface area contributed by atoms with Gasteiger partial charge in [-0.3, -0.25) is 14.5 Å². The van der Waals surface area contributed by atoms with Crippen molar-refractivity contribution in [1.82, 2.24) is 20.2 Å². The van der Waals surface area contributed by atoms with Crippen molar-refractivity contribution in [1.29, 1.82) is 0 Å². The van der Waals surface area contributed by atoms with Crippen molar-refractivity contribution in [3.63, 3.8) is 0 Å². The number of nitrogens with zero attached hydrogens (tertiary/aromatic N) is 4. The second-order valence-corrected chi connectivity index (χ2v) is 10.6. The van der Waals surface area contributed by atoms with Crippen molar-refractivity contribution in [2.75, 3.05) is 10.0 Å². The maximum Gasteiger partial charge on any atom is 0.263 e. The van der Waals surface area contributed by atoms with Gasteiger partial charge in [-0.2, -0.15) is 0 Å². The fraction of sp³-hybridized carbons (Fsp3) is 0.0952. The summed E-state index contributed by atoms with van der Waals surface area (Å²) in [4.78, 5) is 21.0. The van der Waals surface area contributed by atoms with E-state index in [0.29, 0.717) is 22.0 Å². The first-order valence-electron chi connectivity index (χ1n) is 9.61. The predicted molar refractivity (Wildman–Crippen MR) is 128 cm³/mol. The van der Waals surface area contributed by atoms with Crippen LogP contribution in [0, 0.1) is 6.92 Å². The molecular formula is C21H18N6O3S3. The average molecular weight is 499 g/mol. The Labute approximate surface area is 198 Å². The summed E-state index contributed by atoms with van der Waals surface area (Å²) in [7, 11) is -3.80. The number of sulfonamides is 1. The monoisotopic (exact) mass is 498 g/mol. The maximum atomic E-state index is 12.7. The van der Waals surface area contributed by atoms with Crippen LogP contribution in [0.15, 0.2) is 77.0 Å². The topological polar surface area (TPSA) is 127 Å². The summed E-state index contributed by atoms with van der Waals surface area (Å²) >= 11 is 2.67. The maximum absolute atomic E-state index is 12.7. The largest absolute Gasteiger partial charge is 0.322 e. The van der Waals surface area contributed by atoms with E-state index < -0.39 is 10.0 Å². The summed E-state index contributed by atoms with van der Waals surface area (Å²) < 4.78 is 27.4. The zero-order valence-electron chi connectivity index (χ0n) is 17.3. The highest BCUT2D eigenvalue weighted by atomic mass is 32.2. The third-order valence-electron chi connectivity index (χ3n) is 4.29. The highest BCUT2D eigenvalue weighted by molar-refractivity contribution is 7.98. The minimum Gasteiger partial charge on any atom is -0.322 e. The summed E-state index contributed by atoms with van der Waals surface area (Å²) in [6.45, 7) is 1.74.